The maximum atomic E-state index is 10.1. The zero-order valence-corrected chi connectivity index (χ0v) is 10.4. The van der Waals surface area contributed by atoms with E-state index in [0.717, 1.165) is 11.3 Å². The predicted octanol–water partition coefficient (Wildman–Crippen LogP) is 2.25. The topological polar surface area (TPSA) is 42.4 Å². The Morgan fingerprint density at radius 3 is 2.80 bits per heavy atom. The lowest BCUT2D eigenvalue weighted by atomic mass is 9.93. The summed E-state index contributed by atoms with van der Waals surface area (Å²) in [5, 5.41) is 10.1. The molecular formula is C11H19NO2S. The molecule has 4 heteroatoms. The number of ether oxygens (including phenoxy) is 1. The van der Waals surface area contributed by atoms with Crippen LogP contribution in [0, 0.1) is 0 Å². The van der Waals surface area contributed by atoms with Crippen LogP contribution in [0.15, 0.2) is 11.7 Å². The van der Waals surface area contributed by atoms with Gasteiger partial charge in [0.2, 0.25) is 0 Å². The molecule has 0 aliphatic rings. The van der Waals surface area contributed by atoms with E-state index in [1.165, 1.54) is 0 Å². The van der Waals surface area contributed by atoms with Crippen LogP contribution in [-0.2, 0) is 11.2 Å². The molecule has 0 aliphatic heterocycles. The number of aliphatic hydroxyl groups is 1. The van der Waals surface area contributed by atoms with Crippen molar-refractivity contribution in [2.75, 3.05) is 6.61 Å². The summed E-state index contributed by atoms with van der Waals surface area (Å²) in [5.74, 6) is 0. The monoisotopic (exact) mass is 229 g/mol. The lowest BCUT2D eigenvalue weighted by Gasteiger charge is -2.33. The molecule has 2 atom stereocenters. The summed E-state index contributed by atoms with van der Waals surface area (Å²) in [4.78, 5) is 5.09. The fourth-order valence-corrected chi connectivity index (χ4v) is 2.15. The molecule has 1 N–H and O–H groups in total. The highest BCUT2D eigenvalue weighted by atomic mass is 32.1. The number of hydrogen-bond acceptors (Lipinski definition) is 4. The van der Waals surface area contributed by atoms with Crippen LogP contribution in [-0.4, -0.2) is 28.4 Å². The second-order valence-electron chi connectivity index (χ2n) is 3.79. The van der Waals surface area contributed by atoms with Crippen LogP contribution in [0.5, 0.6) is 0 Å². The van der Waals surface area contributed by atoms with E-state index in [0.29, 0.717) is 13.0 Å². The fraction of sp³-hybridized carbons (Fsp3) is 0.727. The summed E-state index contributed by atoms with van der Waals surface area (Å²) in [7, 11) is 0. The second-order valence-corrected chi connectivity index (χ2v) is 4.76. The molecule has 1 aromatic heterocycles. The minimum atomic E-state index is -0.470. The van der Waals surface area contributed by atoms with Gasteiger partial charge in [0.05, 0.1) is 17.2 Å². The van der Waals surface area contributed by atoms with E-state index in [1.54, 1.807) is 23.0 Å². The normalized spacial score (nSPS) is 17.3. The minimum absolute atomic E-state index is 0.446. The standard InChI is InChI=1S/C11H19NO2S/c1-4-11(3,14-5-2)10(13)6-9-7-12-8-15-9/h7-8,10,13H,4-6H2,1-3H3. The minimum Gasteiger partial charge on any atom is -0.390 e. The highest BCUT2D eigenvalue weighted by molar-refractivity contribution is 7.09. The smallest absolute Gasteiger partial charge is 0.0913 e. The van der Waals surface area contributed by atoms with Gasteiger partial charge in [0.1, 0.15) is 0 Å². The molecular weight excluding hydrogens is 210 g/mol. The number of thiazole rings is 1. The van der Waals surface area contributed by atoms with Gasteiger partial charge in [-0.2, -0.15) is 0 Å². The Balaban J connectivity index is 2.60. The third-order valence-corrected chi connectivity index (χ3v) is 3.56. The van der Waals surface area contributed by atoms with Gasteiger partial charge in [0, 0.05) is 24.1 Å². The van der Waals surface area contributed by atoms with Crippen LogP contribution in [0.25, 0.3) is 0 Å². The second kappa shape index (κ2) is 5.58. The summed E-state index contributed by atoms with van der Waals surface area (Å²) in [6.45, 7) is 6.57. The van der Waals surface area contributed by atoms with Crippen LogP contribution in [0.3, 0.4) is 0 Å². The van der Waals surface area contributed by atoms with Gasteiger partial charge in [0.25, 0.3) is 0 Å². The van der Waals surface area contributed by atoms with Crippen molar-refractivity contribution in [3.8, 4) is 0 Å². The zero-order chi connectivity index (χ0) is 11.3. The van der Waals surface area contributed by atoms with Gasteiger partial charge in [-0.05, 0) is 20.3 Å². The van der Waals surface area contributed by atoms with E-state index in [9.17, 15) is 5.11 Å². The van der Waals surface area contributed by atoms with E-state index >= 15 is 0 Å². The number of rotatable bonds is 6. The van der Waals surface area contributed by atoms with Gasteiger partial charge in [-0.25, -0.2) is 0 Å². The van der Waals surface area contributed by atoms with Crippen LogP contribution >= 0.6 is 11.3 Å². The first-order valence-electron chi connectivity index (χ1n) is 5.31. The lowest BCUT2D eigenvalue weighted by molar-refractivity contribution is -0.110. The summed E-state index contributed by atoms with van der Waals surface area (Å²) < 4.78 is 5.62. The van der Waals surface area contributed by atoms with Crippen LogP contribution in [0.2, 0.25) is 0 Å². The molecule has 0 saturated carbocycles. The summed E-state index contributed by atoms with van der Waals surface area (Å²) in [5.41, 5.74) is 1.34. The molecule has 2 unspecified atom stereocenters. The predicted molar refractivity (Wildman–Crippen MR) is 62.1 cm³/mol. The van der Waals surface area contributed by atoms with Crippen molar-refractivity contribution in [2.24, 2.45) is 0 Å². The molecule has 15 heavy (non-hydrogen) atoms. The van der Waals surface area contributed by atoms with Crippen molar-refractivity contribution in [2.45, 2.75) is 45.3 Å². The Bertz CT molecular complexity index is 276. The van der Waals surface area contributed by atoms with Gasteiger partial charge in [0.15, 0.2) is 0 Å². The zero-order valence-electron chi connectivity index (χ0n) is 9.56. The highest BCUT2D eigenvalue weighted by Gasteiger charge is 2.32. The Morgan fingerprint density at radius 2 is 2.33 bits per heavy atom. The molecule has 0 radical (unpaired) electrons. The Hall–Kier alpha value is -0.450. The molecule has 1 rings (SSSR count). The molecule has 1 heterocycles. The van der Waals surface area contributed by atoms with Crippen molar-refractivity contribution < 1.29 is 9.84 Å². The first-order chi connectivity index (χ1) is 7.12. The van der Waals surface area contributed by atoms with Gasteiger partial charge in [-0.3, -0.25) is 4.98 Å². The molecule has 86 valence electrons. The molecule has 0 spiro atoms. The molecule has 0 saturated heterocycles. The average Bonchev–Trinajstić information content (AvgIpc) is 2.70. The van der Waals surface area contributed by atoms with Crippen molar-refractivity contribution in [1.29, 1.82) is 0 Å². The van der Waals surface area contributed by atoms with Crippen molar-refractivity contribution in [3.05, 3.63) is 16.6 Å². The number of aliphatic hydroxyl groups excluding tert-OH is 1. The van der Waals surface area contributed by atoms with E-state index in [4.69, 9.17) is 4.74 Å². The molecule has 0 aromatic carbocycles. The van der Waals surface area contributed by atoms with Crippen LogP contribution in [0.4, 0.5) is 0 Å². The first-order valence-corrected chi connectivity index (χ1v) is 6.19. The van der Waals surface area contributed by atoms with E-state index in [2.05, 4.69) is 4.98 Å². The number of aromatic nitrogens is 1. The number of nitrogens with zero attached hydrogens (tertiary/aromatic N) is 1. The average molecular weight is 229 g/mol. The molecule has 0 amide bonds. The third kappa shape index (κ3) is 3.26. The van der Waals surface area contributed by atoms with Gasteiger partial charge >= 0.3 is 0 Å². The molecule has 1 aromatic rings. The van der Waals surface area contributed by atoms with Gasteiger partial charge < -0.3 is 9.84 Å². The molecule has 3 nitrogen and oxygen atoms in total. The van der Waals surface area contributed by atoms with Crippen molar-refractivity contribution in [1.82, 2.24) is 4.98 Å². The maximum absolute atomic E-state index is 10.1. The number of hydrogen-bond donors (Lipinski definition) is 1. The van der Waals surface area contributed by atoms with E-state index in [-0.39, 0.29) is 0 Å². The summed E-state index contributed by atoms with van der Waals surface area (Å²) in [6, 6.07) is 0. The maximum Gasteiger partial charge on any atom is 0.0913 e. The summed E-state index contributed by atoms with van der Waals surface area (Å²) in [6.07, 6.45) is 2.76. The Kier molecular flexibility index (Phi) is 4.70. The van der Waals surface area contributed by atoms with E-state index < -0.39 is 11.7 Å². The molecule has 0 fully saturated rings. The highest BCUT2D eigenvalue weighted by Crippen LogP contribution is 2.24. The fourth-order valence-electron chi connectivity index (χ4n) is 1.51. The Morgan fingerprint density at radius 1 is 1.60 bits per heavy atom. The molecule has 0 bridgehead atoms. The van der Waals surface area contributed by atoms with Crippen LogP contribution < -0.4 is 0 Å². The quantitative estimate of drug-likeness (QED) is 0.813. The van der Waals surface area contributed by atoms with Gasteiger partial charge in [-0.15, -0.1) is 11.3 Å². The van der Waals surface area contributed by atoms with Crippen molar-refractivity contribution >= 4 is 11.3 Å². The summed E-state index contributed by atoms with van der Waals surface area (Å²) >= 11 is 1.57. The molecule has 0 aliphatic carbocycles. The van der Waals surface area contributed by atoms with Gasteiger partial charge in [-0.1, -0.05) is 6.92 Å². The van der Waals surface area contributed by atoms with E-state index in [1.807, 2.05) is 20.8 Å². The lowest BCUT2D eigenvalue weighted by Crippen LogP contribution is -2.42. The SMILES string of the molecule is CCOC(C)(CC)C(O)Cc1cncs1. The largest absolute Gasteiger partial charge is 0.390 e. The van der Waals surface area contributed by atoms with Crippen LogP contribution in [0.1, 0.15) is 32.1 Å². The Labute approximate surface area is 95.1 Å². The first kappa shape index (κ1) is 12.6. The van der Waals surface area contributed by atoms with Crippen molar-refractivity contribution in [3.63, 3.8) is 0 Å². The third-order valence-electron chi connectivity index (χ3n) is 2.76.